The molecular weight excluding hydrogens is 266 g/mol. The second-order valence-electron chi connectivity index (χ2n) is 5.90. The van der Waals surface area contributed by atoms with Crippen LogP contribution in [0.2, 0.25) is 0 Å². The number of ether oxygens (including phenoxy) is 1. The third kappa shape index (κ3) is 3.18. The molecule has 0 saturated carbocycles. The lowest BCUT2D eigenvalue weighted by Gasteiger charge is -2.35. The number of anilines is 1. The Kier molecular flexibility index (Phi) is 4.39. The van der Waals surface area contributed by atoms with Crippen molar-refractivity contribution >= 4 is 11.6 Å². The minimum absolute atomic E-state index is 0.138. The second kappa shape index (κ2) is 6.43. The molecule has 114 valence electrons. The van der Waals surface area contributed by atoms with Gasteiger partial charge in [-0.1, -0.05) is 0 Å². The zero-order valence-corrected chi connectivity index (χ0v) is 12.6. The van der Waals surface area contributed by atoms with E-state index in [4.69, 9.17) is 4.74 Å². The minimum Gasteiger partial charge on any atom is -0.372 e. The molecule has 1 amide bonds. The van der Waals surface area contributed by atoms with Gasteiger partial charge in [0.25, 0.3) is 0 Å². The quantitative estimate of drug-likeness (QED) is 0.840. The fraction of sp³-hybridized carbons (Fsp3) is 0.625. The van der Waals surface area contributed by atoms with Crippen molar-refractivity contribution in [3.63, 3.8) is 0 Å². The molecule has 2 aliphatic heterocycles. The fourth-order valence-corrected chi connectivity index (χ4v) is 3.43. The highest BCUT2D eigenvalue weighted by Crippen LogP contribution is 2.33. The van der Waals surface area contributed by atoms with Crippen LogP contribution in [-0.2, 0) is 9.53 Å². The molecule has 5 heteroatoms. The second-order valence-corrected chi connectivity index (χ2v) is 5.90. The summed E-state index contributed by atoms with van der Waals surface area (Å²) in [5, 5.41) is 0. The summed E-state index contributed by atoms with van der Waals surface area (Å²) < 4.78 is 5.24. The van der Waals surface area contributed by atoms with Crippen molar-refractivity contribution in [3.8, 4) is 0 Å². The van der Waals surface area contributed by atoms with Gasteiger partial charge in [-0.25, -0.2) is 0 Å². The first-order valence-corrected chi connectivity index (χ1v) is 7.78. The number of piperidine rings is 1. The van der Waals surface area contributed by atoms with Crippen LogP contribution >= 0.6 is 0 Å². The number of carbonyl (C=O) groups excluding carboxylic acids is 1. The Morgan fingerprint density at radius 3 is 3.00 bits per heavy atom. The van der Waals surface area contributed by atoms with E-state index in [0.29, 0.717) is 18.4 Å². The maximum absolute atomic E-state index is 12.1. The van der Waals surface area contributed by atoms with Crippen molar-refractivity contribution < 1.29 is 9.53 Å². The van der Waals surface area contributed by atoms with E-state index in [1.165, 1.54) is 5.69 Å². The number of hydrogen-bond donors (Lipinski definition) is 0. The monoisotopic (exact) mass is 289 g/mol. The Morgan fingerprint density at radius 1 is 1.38 bits per heavy atom. The summed E-state index contributed by atoms with van der Waals surface area (Å²) in [6.07, 6.45) is 4.88. The van der Waals surface area contributed by atoms with Gasteiger partial charge in [-0.2, -0.15) is 0 Å². The predicted molar refractivity (Wildman–Crippen MR) is 81.1 cm³/mol. The molecule has 0 unspecified atom stereocenters. The van der Waals surface area contributed by atoms with Gasteiger partial charge in [0, 0.05) is 39.0 Å². The number of amides is 1. The van der Waals surface area contributed by atoms with Crippen molar-refractivity contribution in [2.45, 2.75) is 13.3 Å². The molecule has 0 aromatic carbocycles. The van der Waals surface area contributed by atoms with E-state index in [1.807, 2.05) is 24.1 Å². The van der Waals surface area contributed by atoms with E-state index in [9.17, 15) is 4.79 Å². The van der Waals surface area contributed by atoms with E-state index in [0.717, 1.165) is 32.6 Å². The van der Waals surface area contributed by atoms with Gasteiger partial charge in [0.1, 0.15) is 6.61 Å². The van der Waals surface area contributed by atoms with Crippen LogP contribution in [0.1, 0.15) is 13.3 Å². The number of rotatable bonds is 4. The predicted octanol–water partition coefficient (Wildman–Crippen LogP) is 1.40. The van der Waals surface area contributed by atoms with Crippen LogP contribution in [0.15, 0.2) is 24.5 Å². The third-order valence-corrected chi connectivity index (χ3v) is 4.59. The van der Waals surface area contributed by atoms with E-state index < -0.39 is 0 Å². The first-order valence-electron chi connectivity index (χ1n) is 7.78. The molecule has 2 saturated heterocycles. The number of likely N-dealkylation sites (tertiary alicyclic amines) is 1. The molecule has 3 heterocycles. The van der Waals surface area contributed by atoms with Gasteiger partial charge in [-0.3, -0.25) is 9.78 Å². The van der Waals surface area contributed by atoms with Gasteiger partial charge >= 0.3 is 0 Å². The molecule has 21 heavy (non-hydrogen) atoms. The highest BCUT2D eigenvalue weighted by atomic mass is 16.5. The average Bonchev–Trinajstić information content (AvgIpc) is 2.96. The Labute approximate surface area is 125 Å². The molecular formula is C16H23N3O2. The lowest BCUT2D eigenvalue weighted by molar-refractivity contribution is -0.135. The lowest BCUT2D eigenvalue weighted by Crippen LogP contribution is -2.40. The smallest absolute Gasteiger partial charge is 0.248 e. The molecule has 2 fully saturated rings. The molecule has 1 aromatic heterocycles. The standard InChI is InChI=1S/C16H23N3O2/c1-2-21-12-16(20)19-9-13-5-7-18(10-14(13)11-19)15-4-3-6-17-8-15/h3-4,6,8,13-14H,2,5,7,9-12H2,1H3/t13-,14+/m0/s1. The van der Waals surface area contributed by atoms with Crippen molar-refractivity contribution in [2.24, 2.45) is 11.8 Å². The maximum Gasteiger partial charge on any atom is 0.248 e. The molecule has 5 nitrogen and oxygen atoms in total. The van der Waals surface area contributed by atoms with E-state index in [1.54, 1.807) is 6.20 Å². The summed E-state index contributed by atoms with van der Waals surface area (Å²) in [6, 6.07) is 4.09. The third-order valence-electron chi connectivity index (χ3n) is 4.59. The zero-order valence-electron chi connectivity index (χ0n) is 12.6. The number of carbonyl (C=O) groups is 1. The Hall–Kier alpha value is -1.62. The SMILES string of the molecule is CCOCC(=O)N1C[C@@H]2CCN(c3cccnc3)C[C@@H]2C1. The minimum atomic E-state index is 0.138. The Bertz CT molecular complexity index is 480. The average molecular weight is 289 g/mol. The molecule has 0 aliphatic carbocycles. The van der Waals surface area contributed by atoms with Gasteiger partial charge < -0.3 is 14.5 Å². The highest BCUT2D eigenvalue weighted by Gasteiger charge is 2.38. The fourth-order valence-electron chi connectivity index (χ4n) is 3.43. The van der Waals surface area contributed by atoms with E-state index in [2.05, 4.69) is 16.0 Å². The molecule has 1 aromatic rings. The molecule has 3 rings (SSSR count). The van der Waals surface area contributed by atoms with Crippen molar-refractivity contribution in [1.29, 1.82) is 0 Å². The Morgan fingerprint density at radius 2 is 2.24 bits per heavy atom. The van der Waals surface area contributed by atoms with Crippen LogP contribution in [0.25, 0.3) is 0 Å². The molecule has 0 radical (unpaired) electrons. The molecule has 0 N–H and O–H groups in total. The van der Waals surface area contributed by atoms with Gasteiger partial charge in [0.2, 0.25) is 5.91 Å². The van der Waals surface area contributed by atoms with Crippen LogP contribution < -0.4 is 4.90 Å². The maximum atomic E-state index is 12.1. The molecule has 2 atom stereocenters. The number of fused-ring (bicyclic) bond motifs is 1. The first-order chi connectivity index (χ1) is 10.3. The lowest BCUT2D eigenvalue weighted by atomic mass is 9.88. The molecule has 2 aliphatic rings. The van der Waals surface area contributed by atoms with Crippen LogP contribution in [0.5, 0.6) is 0 Å². The van der Waals surface area contributed by atoms with E-state index >= 15 is 0 Å². The number of hydrogen-bond acceptors (Lipinski definition) is 4. The van der Waals surface area contributed by atoms with Crippen LogP contribution in [0.3, 0.4) is 0 Å². The van der Waals surface area contributed by atoms with Crippen molar-refractivity contribution in [1.82, 2.24) is 9.88 Å². The topological polar surface area (TPSA) is 45.7 Å². The molecule has 0 spiro atoms. The number of nitrogens with zero attached hydrogens (tertiary/aromatic N) is 3. The van der Waals surface area contributed by atoms with Crippen LogP contribution in [0, 0.1) is 11.8 Å². The van der Waals surface area contributed by atoms with Crippen LogP contribution in [0.4, 0.5) is 5.69 Å². The van der Waals surface area contributed by atoms with Gasteiger partial charge in [-0.15, -0.1) is 0 Å². The highest BCUT2D eigenvalue weighted by molar-refractivity contribution is 5.77. The summed E-state index contributed by atoms with van der Waals surface area (Å²) in [5.74, 6) is 1.35. The summed E-state index contributed by atoms with van der Waals surface area (Å²) >= 11 is 0. The number of aromatic nitrogens is 1. The van der Waals surface area contributed by atoms with Crippen LogP contribution in [-0.4, -0.2) is 55.2 Å². The summed E-state index contributed by atoms with van der Waals surface area (Å²) in [4.78, 5) is 20.7. The van der Waals surface area contributed by atoms with Crippen molar-refractivity contribution in [2.75, 3.05) is 44.3 Å². The summed E-state index contributed by atoms with van der Waals surface area (Å²) in [5.41, 5.74) is 1.19. The largest absolute Gasteiger partial charge is 0.372 e. The van der Waals surface area contributed by atoms with Gasteiger partial charge in [0.15, 0.2) is 0 Å². The normalized spacial score (nSPS) is 25.0. The van der Waals surface area contributed by atoms with E-state index in [-0.39, 0.29) is 12.5 Å². The van der Waals surface area contributed by atoms with Crippen molar-refractivity contribution in [3.05, 3.63) is 24.5 Å². The summed E-state index contributed by atoms with van der Waals surface area (Å²) in [6.45, 7) is 6.59. The summed E-state index contributed by atoms with van der Waals surface area (Å²) in [7, 11) is 0. The molecule has 0 bridgehead atoms. The number of pyridine rings is 1. The zero-order chi connectivity index (χ0) is 14.7. The van der Waals surface area contributed by atoms with Gasteiger partial charge in [0.05, 0.1) is 11.9 Å². The first kappa shape index (κ1) is 14.3. The Balaban J connectivity index is 1.59. The van der Waals surface area contributed by atoms with Gasteiger partial charge in [-0.05, 0) is 37.3 Å².